The summed E-state index contributed by atoms with van der Waals surface area (Å²) in [5.74, 6) is -0.172. The van der Waals surface area contributed by atoms with E-state index in [1.807, 2.05) is 6.92 Å². The van der Waals surface area contributed by atoms with Gasteiger partial charge in [0.05, 0.1) is 0 Å². The lowest BCUT2D eigenvalue weighted by atomic mass is 9.46. The predicted molar refractivity (Wildman–Crippen MR) is 94.1 cm³/mol. The van der Waals surface area contributed by atoms with E-state index in [4.69, 9.17) is 0 Å². The molecule has 0 aromatic rings. The Morgan fingerprint density at radius 1 is 1.19 bits per heavy atom. The Bertz CT molecular complexity index is 724. The molecule has 0 aliphatic heterocycles. The van der Waals surface area contributed by atoms with Gasteiger partial charge >= 0.3 is 0 Å². The molecule has 0 radical (unpaired) electrons. The van der Waals surface area contributed by atoms with E-state index in [0.29, 0.717) is 25.7 Å². The zero-order valence-corrected chi connectivity index (χ0v) is 15.6. The molecule has 0 unspecified atom stereocenters. The van der Waals surface area contributed by atoms with Gasteiger partial charge in [-0.1, -0.05) is 19.4 Å². The Labute approximate surface area is 153 Å². The molecule has 142 valence electrons. The first kappa shape index (κ1) is 18.1. The van der Waals surface area contributed by atoms with E-state index in [1.54, 1.807) is 6.08 Å². The molecule has 4 rings (SSSR count). The van der Waals surface area contributed by atoms with Crippen LogP contribution in [-0.4, -0.2) is 39.8 Å². The van der Waals surface area contributed by atoms with Crippen LogP contribution in [0.1, 0.15) is 58.8 Å². The third-order valence-corrected chi connectivity index (χ3v) is 8.41. The largest absolute Gasteiger partial charge is 0.388 e. The summed E-state index contributed by atoms with van der Waals surface area (Å²) in [4.78, 5) is 37.5. The van der Waals surface area contributed by atoms with Gasteiger partial charge in [-0.05, 0) is 55.4 Å². The fraction of sp³-hybridized carbons (Fsp3) is 0.762. The van der Waals surface area contributed by atoms with Gasteiger partial charge in [0, 0.05) is 24.2 Å². The molecule has 4 aliphatic rings. The molecule has 3 fully saturated rings. The summed E-state index contributed by atoms with van der Waals surface area (Å²) in [6.07, 6.45) is 5.83. The zero-order valence-electron chi connectivity index (χ0n) is 15.6. The second-order valence-corrected chi connectivity index (χ2v) is 9.38. The molecule has 5 nitrogen and oxygen atoms in total. The normalized spacial score (nSPS) is 47.7. The topological polar surface area (TPSA) is 91.7 Å². The molecule has 2 N–H and O–H groups in total. The highest BCUT2D eigenvalue weighted by Gasteiger charge is 2.68. The lowest BCUT2D eigenvalue weighted by Crippen LogP contribution is -2.60. The van der Waals surface area contributed by atoms with Crippen LogP contribution < -0.4 is 0 Å². The molecular weight excluding hydrogens is 332 g/mol. The fourth-order valence-electron chi connectivity index (χ4n) is 6.98. The average molecular weight is 360 g/mol. The van der Waals surface area contributed by atoms with Crippen molar-refractivity contribution in [3.05, 3.63) is 11.6 Å². The molecule has 0 heterocycles. The number of fused-ring (bicyclic) bond motifs is 5. The van der Waals surface area contributed by atoms with Crippen LogP contribution in [0.2, 0.25) is 0 Å². The van der Waals surface area contributed by atoms with Gasteiger partial charge in [0.15, 0.2) is 11.6 Å². The van der Waals surface area contributed by atoms with Crippen LogP contribution in [0.3, 0.4) is 0 Å². The van der Waals surface area contributed by atoms with Gasteiger partial charge in [-0.25, -0.2) is 0 Å². The molecule has 26 heavy (non-hydrogen) atoms. The molecule has 0 bridgehead atoms. The Balaban J connectivity index is 1.75. The van der Waals surface area contributed by atoms with Crippen LogP contribution in [0.25, 0.3) is 0 Å². The minimum atomic E-state index is -1.60. The van der Waals surface area contributed by atoms with E-state index in [0.717, 1.165) is 18.4 Å². The maximum Gasteiger partial charge on any atom is 0.190 e. The molecule has 6 atom stereocenters. The summed E-state index contributed by atoms with van der Waals surface area (Å²) >= 11 is 0. The molecule has 0 amide bonds. The Kier molecular flexibility index (Phi) is 3.88. The molecule has 3 saturated carbocycles. The van der Waals surface area contributed by atoms with Gasteiger partial charge in [-0.2, -0.15) is 0 Å². The van der Waals surface area contributed by atoms with Gasteiger partial charge in [0.2, 0.25) is 0 Å². The van der Waals surface area contributed by atoms with Crippen molar-refractivity contribution in [2.75, 3.05) is 6.61 Å². The summed E-state index contributed by atoms with van der Waals surface area (Å²) < 4.78 is 0. The second kappa shape index (κ2) is 5.59. The highest BCUT2D eigenvalue weighted by atomic mass is 16.3. The Hall–Kier alpha value is -1.33. The van der Waals surface area contributed by atoms with E-state index < -0.39 is 23.4 Å². The molecule has 0 aromatic carbocycles. The van der Waals surface area contributed by atoms with Crippen molar-refractivity contribution >= 4 is 17.3 Å². The minimum Gasteiger partial charge on any atom is -0.388 e. The van der Waals surface area contributed by atoms with Crippen molar-refractivity contribution in [1.82, 2.24) is 0 Å². The molecular formula is C21H28O5. The van der Waals surface area contributed by atoms with E-state index in [2.05, 4.69) is 6.92 Å². The zero-order chi connectivity index (χ0) is 18.9. The summed E-state index contributed by atoms with van der Waals surface area (Å²) in [5, 5.41) is 20.5. The van der Waals surface area contributed by atoms with Crippen LogP contribution in [0, 0.1) is 28.6 Å². The Morgan fingerprint density at radius 3 is 2.62 bits per heavy atom. The quantitative estimate of drug-likeness (QED) is 0.786. The van der Waals surface area contributed by atoms with Gasteiger partial charge in [-0.3, -0.25) is 14.4 Å². The maximum atomic E-state index is 13.3. The van der Waals surface area contributed by atoms with Gasteiger partial charge in [0.25, 0.3) is 0 Å². The summed E-state index contributed by atoms with van der Waals surface area (Å²) in [6, 6.07) is 0. The number of rotatable bonds is 2. The van der Waals surface area contributed by atoms with Crippen molar-refractivity contribution in [2.45, 2.75) is 64.4 Å². The predicted octanol–water partition coefficient (Wildman–Crippen LogP) is 1.99. The first-order valence-electron chi connectivity index (χ1n) is 9.80. The average Bonchev–Trinajstić information content (AvgIpc) is 2.86. The third-order valence-electron chi connectivity index (χ3n) is 8.41. The van der Waals surface area contributed by atoms with Crippen LogP contribution in [0.5, 0.6) is 0 Å². The van der Waals surface area contributed by atoms with Crippen molar-refractivity contribution < 1.29 is 24.6 Å². The summed E-state index contributed by atoms with van der Waals surface area (Å²) in [6.45, 7) is 3.31. The maximum absolute atomic E-state index is 13.3. The van der Waals surface area contributed by atoms with Crippen molar-refractivity contribution in [1.29, 1.82) is 0 Å². The van der Waals surface area contributed by atoms with Gasteiger partial charge in [-0.15, -0.1) is 0 Å². The first-order valence-corrected chi connectivity index (χ1v) is 9.80. The summed E-state index contributed by atoms with van der Waals surface area (Å²) in [5.41, 5.74) is -1.55. The highest BCUT2D eigenvalue weighted by molar-refractivity contribution is 5.94. The molecule has 0 saturated heterocycles. The van der Waals surface area contributed by atoms with Crippen LogP contribution in [0.15, 0.2) is 11.6 Å². The third kappa shape index (κ3) is 2.07. The standard InChI is InChI=1S/C21H28O5/c1-19-7-5-13(23)9-12(19)3-4-14-15-6-8-21(26,17(25)11-22)20(15,2)10-16(24)18(14)19/h9,14-15,18,22,26H,3-8,10-11H2,1-2H3/t14-,15-,18-,19+,20-,21+/m1/s1. The van der Waals surface area contributed by atoms with Crippen molar-refractivity contribution in [3.63, 3.8) is 0 Å². The molecule has 4 aliphatic carbocycles. The number of hydrogen-bond acceptors (Lipinski definition) is 5. The van der Waals surface area contributed by atoms with E-state index in [1.165, 1.54) is 0 Å². The van der Waals surface area contributed by atoms with E-state index >= 15 is 0 Å². The lowest BCUT2D eigenvalue weighted by molar-refractivity contribution is -0.170. The monoisotopic (exact) mass is 360 g/mol. The van der Waals surface area contributed by atoms with E-state index in [9.17, 15) is 24.6 Å². The van der Waals surface area contributed by atoms with Gasteiger partial charge < -0.3 is 10.2 Å². The number of aliphatic hydroxyl groups excluding tert-OH is 1. The lowest BCUT2D eigenvalue weighted by Gasteiger charge is -2.57. The fourth-order valence-corrected chi connectivity index (χ4v) is 6.98. The number of aliphatic hydroxyl groups is 2. The second-order valence-electron chi connectivity index (χ2n) is 9.38. The smallest absolute Gasteiger partial charge is 0.190 e. The van der Waals surface area contributed by atoms with Crippen LogP contribution in [-0.2, 0) is 14.4 Å². The van der Waals surface area contributed by atoms with E-state index in [-0.39, 0.29) is 41.2 Å². The number of hydrogen-bond donors (Lipinski definition) is 2. The van der Waals surface area contributed by atoms with Crippen LogP contribution >= 0.6 is 0 Å². The van der Waals surface area contributed by atoms with Crippen LogP contribution in [0.4, 0.5) is 0 Å². The number of carbonyl (C=O) groups is 3. The van der Waals surface area contributed by atoms with Crippen molar-refractivity contribution in [3.8, 4) is 0 Å². The molecule has 5 heteroatoms. The number of Topliss-reactive ketones (excluding diaryl/α,β-unsaturated/α-hetero) is 2. The minimum absolute atomic E-state index is 0.0988. The van der Waals surface area contributed by atoms with Gasteiger partial charge in [0.1, 0.15) is 18.0 Å². The number of allylic oxidation sites excluding steroid dienone is 1. The number of ketones is 3. The number of carbonyl (C=O) groups excluding carboxylic acids is 3. The SMILES string of the molecule is C[C@]12CCC(=O)C=C1CC[C@@H]1[C@H]3CC[C@](O)(C(=O)CO)[C@]3(C)CC(=O)[C@@H]12. The molecule has 0 aromatic heterocycles. The summed E-state index contributed by atoms with van der Waals surface area (Å²) in [7, 11) is 0. The first-order chi connectivity index (χ1) is 12.2. The highest BCUT2D eigenvalue weighted by Crippen LogP contribution is 2.66. The van der Waals surface area contributed by atoms with Crippen molar-refractivity contribution in [2.24, 2.45) is 28.6 Å². The molecule has 0 spiro atoms. The Morgan fingerprint density at radius 2 is 1.92 bits per heavy atom.